The fourth-order valence-corrected chi connectivity index (χ4v) is 2.72. The highest BCUT2D eigenvalue weighted by Crippen LogP contribution is 2.36. The van der Waals surface area contributed by atoms with Crippen molar-refractivity contribution in [1.82, 2.24) is 10.3 Å². The van der Waals surface area contributed by atoms with E-state index in [4.69, 9.17) is 9.47 Å². The van der Waals surface area contributed by atoms with Crippen LogP contribution in [0.4, 0.5) is 0 Å². The van der Waals surface area contributed by atoms with E-state index in [9.17, 15) is 0 Å². The predicted molar refractivity (Wildman–Crippen MR) is 81.6 cm³/mol. The van der Waals surface area contributed by atoms with Crippen LogP contribution in [0.15, 0.2) is 42.7 Å². The van der Waals surface area contributed by atoms with Crippen molar-refractivity contribution in [2.75, 3.05) is 13.7 Å². The molecular weight excluding hydrogens is 264 g/mol. The highest BCUT2D eigenvalue weighted by Gasteiger charge is 2.23. The fraction of sp³-hybridized carbons (Fsp3) is 0.353. The summed E-state index contributed by atoms with van der Waals surface area (Å²) in [7, 11) is 1.69. The molecule has 21 heavy (non-hydrogen) atoms. The van der Waals surface area contributed by atoms with Gasteiger partial charge in [0.25, 0.3) is 0 Å². The van der Waals surface area contributed by atoms with Crippen LogP contribution in [0, 0.1) is 0 Å². The van der Waals surface area contributed by atoms with Crippen molar-refractivity contribution in [3.63, 3.8) is 0 Å². The van der Waals surface area contributed by atoms with E-state index in [1.54, 1.807) is 7.11 Å². The molecule has 0 spiro atoms. The summed E-state index contributed by atoms with van der Waals surface area (Å²) >= 11 is 0. The van der Waals surface area contributed by atoms with Gasteiger partial charge < -0.3 is 14.8 Å². The summed E-state index contributed by atoms with van der Waals surface area (Å²) in [6.45, 7) is 2.91. The number of aromatic nitrogens is 1. The number of ether oxygens (including phenoxy) is 2. The van der Waals surface area contributed by atoms with Gasteiger partial charge in [-0.25, -0.2) is 0 Å². The lowest BCUT2D eigenvalue weighted by Crippen LogP contribution is -2.29. The molecule has 4 nitrogen and oxygen atoms in total. The molecule has 3 rings (SSSR count). The summed E-state index contributed by atoms with van der Waals surface area (Å²) in [4.78, 5) is 4.07. The van der Waals surface area contributed by atoms with E-state index in [-0.39, 0.29) is 12.1 Å². The summed E-state index contributed by atoms with van der Waals surface area (Å²) in [5.74, 6) is 1.81. The zero-order chi connectivity index (χ0) is 14.7. The Morgan fingerprint density at radius 3 is 2.86 bits per heavy atom. The summed E-state index contributed by atoms with van der Waals surface area (Å²) in [5.41, 5.74) is 2.41. The number of rotatable bonds is 4. The summed E-state index contributed by atoms with van der Waals surface area (Å²) in [6.07, 6.45) is 4.61. The summed E-state index contributed by atoms with van der Waals surface area (Å²) in [6, 6.07) is 10.6. The molecule has 2 atom stereocenters. The molecule has 2 aromatic rings. The Kier molecular flexibility index (Phi) is 4.06. The Morgan fingerprint density at radius 1 is 1.29 bits per heavy atom. The van der Waals surface area contributed by atoms with E-state index < -0.39 is 0 Å². The Morgan fingerprint density at radius 2 is 2.10 bits per heavy atom. The normalized spacial score (nSPS) is 18.5. The highest BCUT2D eigenvalue weighted by atomic mass is 16.5. The van der Waals surface area contributed by atoms with Crippen LogP contribution in [0.1, 0.15) is 36.6 Å². The second kappa shape index (κ2) is 6.14. The molecule has 110 valence electrons. The van der Waals surface area contributed by atoms with E-state index in [0.717, 1.165) is 24.5 Å². The first kappa shape index (κ1) is 13.9. The first-order valence-electron chi connectivity index (χ1n) is 7.24. The van der Waals surface area contributed by atoms with Gasteiger partial charge in [0, 0.05) is 36.5 Å². The van der Waals surface area contributed by atoms with Crippen molar-refractivity contribution in [2.24, 2.45) is 0 Å². The molecule has 1 N–H and O–H groups in total. The van der Waals surface area contributed by atoms with Crippen molar-refractivity contribution in [2.45, 2.75) is 25.4 Å². The smallest absolute Gasteiger partial charge is 0.124 e. The van der Waals surface area contributed by atoms with Gasteiger partial charge in [-0.15, -0.1) is 0 Å². The van der Waals surface area contributed by atoms with Crippen molar-refractivity contribution in [3.05, 3.63) is 53.9 Å². The standard InChI is InChI=1S/C17H20N2O2/c1-12(13-5-8-18-9-6-13)19-16-7-10-21-17-4-3-14(20-2)11-15(16)17/h3-6,8-9,11-12,16,19H,7,10H2,1-2H3/t12-,16?/m1/s1. The Labute approximate surface area is 125 Å². The maximum Gasteiger partial charge on any atom is 0.124 e. The number of methoxy groups -OCH3 is 1. The highest BCUT2D eigenvalue weighted by molar-refractivity contribution is 5.43. The molecule has 0 saturated heterocycles. The molecular formula is C17H20N2O2. The molecule has 0 fully saturated rings. The van der Waals surface area contributed by atoms with Gasteiger partial charge in [0.2, 0.25) is 0 Å². The molecule has 0 bridgehead atoms. The van der Waals surface area contributed by atoms with Crippen LogP contribution in [0.2, 0.25) is 0 Å². The maximum absolute atomic E-state index is 5.73. The third kappa shape index (κ3) is 3.00. The number of hydrogen-bond acceptors (Lipinski definition) is 4. The predicted octanol–water partition coefficient (Wildman–Crippen LogP) is 3.26. The van der Waals surface area contributed by atoms with Crippen molar-refractivity contribution in [1.29, 1.82) is 0 Å². The number of hydrogen-bond donors (Lipinski definition) is 1. The number of nitrogens with one attached hydrogen (secondary N) is 1. The van der Waals surface area contributed by atoms with E-state index in [1.165, 1.54) is 11.1 Å². The van der Waals surface area contributed by atoms with Crippen LogP contribution >= 0.6 is 0 Å². The van der Waals surface area contributed by atoms with Crippen LogP contribution in [-0.4, -0.2) is 18.7 Å². The molecule has 0 radical (unpaired) electrons. The van der Waals surface area contributed by atoms with Crippen molar-refractivity contribution >= 4 is 0 Å². The number of fused-ring (bicyclic) bond motifs is 1. The van der Waals surface area contributed by atoms with Crippen molar-refractivity contribution < 1.29 is 9.47 Å². The van der Waals surface area contributed by atoms with Gasteiger partial charge in [0.1, 0.15) is 11.5 Å². The van der Waals surface area contributed by atoms with Crippen LogP contribution in [0.25, 0.3) is 0 Å². The lowest BCUT2D eigenvalue weighted by atomic mass is 9.98. The number of pyridine rings is 1. The molecule has 1 unspecified atom stereocenters. The monoisotopic (exact) mass is 284 g/mol. The molecule has 1 aliphatic rings. The zero-order valence-electron chi connectivity index (χ0n) is 12.4. The molecule has 1 aliphatic heterocycles. The third-order valence-corrected chi connectivity index (χ3v) is 3.91. The topological polar surface area (TPSA) is 43.4 Å². The molecule has 0 amide bonds. The van der Waals surface area contributed by atoms with Gasteiger partial charge >= 0.3 is 0 Å². The minimum Gasteiger partial charge on any atom is -0.497 e. The maximum atomic E-state index is 5.73. The lowest BCUT2D eigenvalue weighted by Gasteiger charge is -2.29. The quantitative estimate of drug-likeness (QED) is 0.936. The number of benzene rings is 1. The minimum atomic E-state index is 0.259. The van der Waals surface area contributed by atoms with E-state index in [2.05, 4.69) is 23.3 Å². The first-order chi connectivity index (χ1) is 10.3. The van der Waals surface area contributed by atoms with Crippen LogP contribution in [-0.2, 0) is 0 Å². The first-order valence-corrected chi connectivity index (χ1v) is 7.24. The van der Waals surface area contributed by atoms with Crippen LogP contribution < -0.4 is 14.8 Å². The van der Waals surface area contributed by atoms with E-state index in [0.29, 0.717) is 0 Å². The molecule has 1 aromatic heterocycles. The van der Waals surface area contributed by atoms with Crippen molar-refractivity contribution in [3.8, 4) is 11.5 Å². The van der Waals surface area contributed by atoms with Gasteiger partial charge in [-0.1, -0.05) is 0 Å². The lowest BCUT2D eigenvalue weighted by molar-refractivity contribution is 0.245. The van der Waals surface area contributed by atoms with E-state index >= 15 is 0 Å². The third-order valence-electron chi connectivity index (χ3n) is 3.91. The molecule has 1 aromatic carbocycles. The second-order valence-electron chi connectivity index (χ2n) is 5.26. The average Bonchev–Trinajstić information content (AvgIpc) is 2.55. The average molecular weight is 284 g/mol. The molecule has 2 heterocycles. The Hall–Kier alpha value is -2.07. The van der Waals surface area contributed by atoms with Gasteiger partial charge in [0.05, 0.1) is 13.7 Å². The second-order valence-corrected chi connectivity index (χ2v) is 5.26. The zero-order valence-corrected chi connectivity index (χ0v) is 12.4. The number of nitrogens with zero attached hydrogens (tertiary/aromatic N) is 1. The Balaban J connectivity index is 1.81. The Bertz CT molecular complexity index is 601. The van der Waals surface area contributed by atoms with Gasteiger partial charge in [-0.2, -0.15) is 0 Å². The van der Waals surface area contributed by atoms with Gasteiger partial charge in [-0.05, 0) is 42.8 Å². The van der Waals surface area contributed by atoms with Gasteiger partial charge in [-0.3, -0.25) is 4.98 Å². The van der Waals surface area contributed by atoms with Gasteiger partial charge in [0.15, 0.2) is 0 Å². The van der Waals surface area contributed by atoms with Crippen LogP contribution in [0.5, 0.6) is 11.5 Å². The van der Waals surface area contributed by atoms with Crippen LogP contribution in [0.3, 0.4) is 0 Å². The molecule has 4 heteroatoms. The molecule has 0 aliphatic carbocycles. The summed E-state index contributed by atoms with van der Waals surface area (Å²) < 4.78 is 11.1. The van der Waals surface area contributed by atoms with E-state index in [1.807, 2.05) is 36.7 Å². The fourth-order valence-electron chi connectivity index (χ4n) is 2.72. The SMILES string of the molecule is COc1ccc2c(c1)C(N[C@H](C)c1ccncc1)CCO2. The molecule has 0 saturated carbocycles. The largest absolute Gasteiger partial charge is 0.497 e. The summed E-state index contributed by atoms with van der Waals surface area (Å²) in [5, 5.41) is 3.68. The minimum absolute atomic E-state index is 0.259.